The van der Waals surface area contributed by atoms with Crippen molar-refractivity contribution >= 4 is 21.6 Å². The van der Waals surface area contributed by atoms with Gasteiger partial charge in [-0.3, -0.25) is 0 Å². The number of halogens is 1. The van der Waals surface area contributed by atoms with Crippen LogP contribution in [0, 0.1) is 6.92 Å². The van der Waals surface area contributed by atoms with Gasteiger partial charge in [0.15, 0.2) is 0 Å². The fourth-order valence-electron chi connectivity index (χ4n) is 1.40. The molecule has 0 atom stereocenters. The zero-order valence-corrected chi connectivity index (χ0v) is 9.84. The molecule has 1 nitrogen and oxygen atoms in total. The molecule has 1 aromatic rings. The Hall–Kier alpha value is -0.500. The van der Waals surface area contributed by atoms with Gasteiger partial charge in [-0.2, -0.15) is 0 Å². The van der Waals surface area contributed by atoms with Gasteiger partial charge in [-0.15, -0.1) is 0 Å². The Balaban J connectivity index is 2.78. The van der Waals surface area contributed by atoms with Gasteiger partial charge in [-0.1, -0.05) is 28.1 Å². The van der Waals surface area contributed by atoms with Gasteiger partial charge in [0.05, 0.1) is 0 Å². The molecule has 0 unspecified atom stereocenters. The molecule has 2 heteroatoms. The van der Waals surface area contributed by atoms with Crippen LogP contribution in [0.4, 0.5) is 5.69 Å². The van der Waals surface area contributed by atoms with Gasteiger partial charge in [0.1, 0.15) is 0 Å². The van der Waals surface area contributed by atoms with E-state index < -0.39 is 0 Å². The molecule has 0 radical (unpaired) electrons. The Morgan fingerprint density at radius 2 is 2.15 bits per heavy atom. The second-order valence-corrected chi connectivity index (χ2v) is 3.90. The minimum atomic E-state index is 1.02. The van der Waals surface area contributed by atoms with E-state index in [4.69, 9.17) is 0 Å². The summed E-state index contributed by atoms with van der Waals surface area (Å²) in [6.07, 6.45) is 0. The molecular weight excluding hydrogens is 226 g/mol. The highest BCUT2D eigenvalue weighted by atomic mass is 79.9. The van der Waals surface area contributed by atoms with Gasteiger partial charge in [-0.05, 0) is 31.5 Å². The predicted octanol–water partition coefficient (Wildman–Crippen LogP) is 3.22. The van der Waals surface area contributed by atoms with E-state index in [1.165, 1.54) is 11.3 Å². The third-order valence-corrected chi connectivity index (χ3v) is 2.46. The molecule has 13 heavy (non-hydrogen) atoms. The van der Waals surface area contributed by atoms with E-state index in [2.05, 4.69) is 58.9 Å². The summed E-state index contributed by atoms with van der Waals surface area (Å²) in [5, 5.41) is 1.02. The topological polar surface area (TPSA) is 3.24 Å². The molecule has 72 valence electrons. The molecule has 0 amide bonds. The van der Waals surface area contributed by atoms with Crippen molar-refractivity contribution in [3.63, 3.8) is 0 Å². The molecule has 0 saturated heterocycles. The van der Waals surface area contributed by atoms with Crippen molar-refractivity contribution < 1.29 is 0 Å². The standard InChI is InChI=1S/C11H16BrN/c1-3-13(8-7-12)11-6-4-5-10(2)9-11/h4-6,9H,3,7-8H2,1-2H3. The largest absolute Gasteiger partial charge is 0.371 e. The molecule has 0 aliphatic rings. The Morgan fingerprint density at radius 3 is 2.69 bits per heavy atom. The van der Waals surface area contributed by atoms with E-state index >= 15 is 0 Å². The van der Waals surface area contributed by atoms with Crippen molar-refractivity contribution in [1.82, 2.24) is 0 Å². The summed E-state index contributed by atoms with van der Waals surface area (Å²) in [5.41, 5.74) is 2.65. The van der Waals surface area contributed by atoms with Crippen molar-refractivity contribution in [2.75, 3.05) is 23.3 Å². The van der Waals surface area contributed by atoms with Crippen molar-refractivity contribution in [2.45, 2.75) is 13.8 Å². The van der Waals surface area contributed by atoms with E-state index in [0.29, 0.717) is 0 Å². The average Bonchev–Trinajstić information content (AvgIpc) is 2.14. The normalized spacial score (nSPS) is 10.1. The first-order chi connectivity index (χ1) is 6.27. The quantitative estimate of drug-likeness (QED) is 0.733. The summed E-state index contributed by atoms with van der Waals surface area (Å²) in [5.74, 6) is 0. The summed E-state index contributed by atoms with van der Waals surface area (Å²) in [6, 6.07) is 8.64. The number of nitrogens with zero attached hydrogens (tertiary/aromatic N) is 1. The maximum absolute atomic E-state index is 3.46. The first-order valence-corrected chi connectivity index (χ1v) is 5.77. The van der Waals surface area contributed by atoms with E-state index in [1.807, 2.05) is 0 Å². The molecule has 0 aromatic heterocycles. The van der Waals surface area contributed by atoms with E-state index in [1.54, 1.807) is 0 Å². The fraction of sp³-hybridized carbons (Fsp3) is 0.455. The number of benzene rings is 1. The maximum Gasteiger partial charge on any atom is 0.0369 e. The van der Waals surface area contributed by atoms with Crippen LogP contribution in [0.25, 0.3) is 0 Å². The second kappa shape index (κ2) is 5.28. The minimum absolute atomic E-state index is 1.02. The van der Waals surface area contributed by atoms with Crippen molar-refractivity contribution in [3.05, 3.63) is 29.8 Å². The molecule has 0 spiro atoms. The summed E-state index contributed by atoms with van der Waals surface area (Å²) >= 11 is 3.46. The molecule has 0 aliphatic carbocycles. The van der Waals surface area contributed by atoms with Crippen LogP contribution < -0.4 is 4.90 Å². The molecule has 0 saturated carbocycles. The highest BCUT2D eigenvalue weighted by Gasteiger charge is 2.01. The van der Waals surface area contributed by atoms with Gasteiger partial charge in [0, 0.05) is 24.1 Å². The van der Waals surface area contributed by atoms with Crippen LogP contribution in [0.15, 0.2) is 24.3 Å². The molecular formula is C11H16BrN. The molecule has 0 aliphatic heterocycles. The SMILES string of the molecule is CCN(CCBr)c1cccc(C)c1. The zero-order chi connectivity index (χ0) is 9.68. The Bertz CT molecular complexity index is 260. The lowest BCUT2D eigenvalue weighted by Gasteiger charge is -2.22. The van der Waals surface area contributed by atoms with Gasteiger partial charge < -0.3 is 4.90 Å². The molecule has 0 bridgehead atoms. The lowest BCUT2D eigenvalue weighted by atomic mass is 10.2. The smallest absolute Gasteiger partial charge is 0.0369 e. The summed E-state index contributed by atoms with van der Waals surface area (Å²) in [4.78, 5) is 2.36. The number of hydrogen-bond acceptors (Lipinski definition) is 1. The van der Waals surface area contributed by atoms with Gasteiger partial charge in [0.25, 0.3) is 0 Å². The van der Waals surface area contributed by atoms with Crippen molar-refractivity contribution in [1.29, 1.82) is 0 Å². The van der Waals surface area contributed by atoms with Crippen LogP contribution in [0.1, 0.15) is 12.5 Å². The number of aryl methyl sites for hydroxylation is 1. The zero-order valence-electron chi connectivity index (χ0n) is 8.26. The number of anilines is 1. The van der Waals surface area contributed by atoms with E-state index in [0.717, 1.165) is 18.4 Å². The summed E-state index contributed by atoms with van der Waals surface area (Å²) in [7, 11) is 0. The van der Waals surface area contributed by atoms with Crippen LogP contribution in [-0.4, -0.2) is 18.4 Å². The lowest BCUT2D eigenvalue weighted by molar-refractivity contribution is 0.875. The van der Waals surface area contributed by atoms with Crippen LogP contribution in [0.3, 0.4) is 0 Å². The molecule has 0 fully saturated rings. The molecule has 0 heterocycles. The molecule has 0 N–H and O–H groups in total. The third-order valence-electron chi connectivity index (χ3n) is 2.10. The number of rotatable bonds is 4. The first kappa shape index (κ1) is 10.6. The maximum atomic E-state index is 3.46. The average molecular weight is 242 g/mol. The second-order valence-electron chi connectivity index (χ2n) is 3.11. The number of hydrogen-bond donors (Lipinski definition) is 0. The van der Waals surface area contributed by atoms with Crippen LogP contribution >= 0.6 is 15.9 Å². The lowest BCUT2D eigenvalue weighted by Crippen LogP contribution is -2.24. The minimum Gasteiger partial charge on any atom is -0.371 e. The van der Waals surface area contributed by atoms with Crippen molar-refractivity contribution in [2.24, 2.45) is 0 Å². The highest BCUT2D eigenvalue weighted by molar-refractivity contribution is 9.09. The first-order valence-electron chi connectivity index (χ1n) is 4.65. The number of alkyl halides is 1. The molecule has 1 rings (SSSR count). The summed E-state index contributed by atoms with van der Waals surface area (Å²) < 4.78 is 0. The van der Waals surface area contributed by atoms with Gasteiger partial charge in [0.2, 0.25) is 0 Å². The third kappa shape index (κ3) is 3.03. The Labute approximate surface area is 88.9 Å². The Morgan fingerprint density at radius 1 is 1.38 bits per heavy atom. The summed E-state index contributed by atoms with van der Waals surface area (Å²) in [6.45, 7) is 6.45. The van der Waals surface area contributed by atoms with E-state index in [9.17, 15) is 0 Å². The van der Waals surface area contributed by atoms with E-state index in [-0.39, 0.29) is 0 Å². The van der Waals surface area contributed by atoms with Crippen LogP contribution in [0.2, 0.25) is 0 Å². The van der Waals surface area contributed by atoms with Gasteiger partial charge >= 0.3 is 0 Å². The molecule has 1 aromatic carbocycles. The highest BCUT2D eigenvalue weighted by Crippen LogP contribution is 2.15. The fourth-order valence-corrected chi connectivity index (χ4v) is 1.82. The van der Waals surface area contributed by atoms with Crippen molar-refractivity contribution in [3.8, 4) is 0 Å². The van der Waals surface area contributed by atoms with Crippen LogP contribution in [-0.2, 0) is 0 Å². The van der Waals surface area contributed by atoms with Crippen LogP contribution in [0.5, 0.6) is 0 Å². The predicted molar refractivity (Wildman–Crippen MR) is 62.9 cm³/mol. The van der Waals surface area contributed by atoms with Gasteiger partial charge in [-0.25, -0.2) is 0 Å². The Kier molecular flexibility index (Phi) is 4.29. The monoisotopic (exact) mass is 241 g/mol.